The van der Waals surface area contributed by atoms with Gasteiger partial charge in [0.1, 0.15) is 5.92 Å². The minimum Gasteiger partial charge on any atom is -0.382 e. The zero-order valence-electron chi connectivity index (χ0n) is 15.2. The number of para-hydroxylation sites is 1. The van der Waals surface area contributed by atoms with E-state index in [-0.39, 0.29) is 17.9 Å². The van der Waals surface area contributed by atoms with Crippen molar-refractivity contribution in [2.24, 2.45) is 23.3 Å². The summed E-state index contributed by atoms with van der Waals surface area (Å²) in [6.45, 7) is 2.23. The lowest BCUT2D eigenvalue weighted by molar-refractivity contribution is -0.136. The molecule has 1 aliphatic rings. The average Bonchev–Trinajstić information content (AvgIpc) is 2.60. The lowest BCUT2D eigenvalue weighted by Crippen LogP contribution is -2.47. The van der Waals surface area contributed by atoms with Gasteiger partial charge in [-0.15, -0.1) is 0 Å². The number of primary amides is 2. The second kappa shape index (κ2) is 9.22. The molecule has 1 aromatic carbocycles. The molecule has 1 saturated carbocycles. The van der Waals surface area contributed by atoms with Crippen LogP contribution in [0.2, 0.25) is 0 Å². The number of carbonyl (C=O) groups excluding carboxylic acids is 3. The molecule has 0 radical (unpaired) electrons. The predicted octanol–water partition coefficient (Wildman–Crippen LogP) is 1.38. The molecule has 7 heteroatoms. The van der Waals surface area contributed by atoms with Crippen molar-refractivity contribution in [1.29, 1.82) is 0 Å². The number of nitrogens with two attached hydrogens (primary N) is 2. The van der Waals surface area contributed by atoms with E-state index in [0.29, 0.717) is 17.8 Å². The van der Waals surface area contributed by atoms with Gasteiger partial charge < -0.3 is 22.1 Å². The Morgan fingerprint density at radius 3 is 2.38 bits per heavy atom. The minimum atomic E-state index is -0.782. The van der Waals surface area contributed by atoms with Gasteiger partial charge in [-0.25, -0.2) is 0 Å². The summed E-state index contributed by atoms with van der Waals surface area (Å²) >= 11 is 0. The van der Waals surface area contributed by atoms with Gasteiger partial charge in [-0.3, -0.25) is 14.4 Å². The standard InChI is InChI=1S/C19H28N4O3/c1-12(11-22-15-10-6-5-9-14(15)17(20)24)23-19(26)16(18(21)25)13-7-3-2-4-8-13/h5-6,9-10,12-13,16,22H,2-4,7-8,11H2,1H3,(H2,20,24)(H2,21,25)(H,23,26)/t12-,16-/m0/s1. The fourth-order valence-electron chi connectivity index (χ4n) is 3.54. The number of rotatable bonds is 8. The van der Waals surface area contributed by atoms with Crippen LogP contribution in [0, 0.1) is 11.8 Å². The summed E-state index contributed by atoms with van der Waals surface area (Å²) in [6, 6.07) is 6.68. The summed E-state index contributed by atoms with van der Waals surface area (Å²) < 4.78 is 0. The van der Waals surface area contributed by atoms with E-state index in [9.17, 15) is 14.4 Å². The zero-order chi connectivity index (χ0) is 19.1. The summed E-state index contributed by atoms with van der Waals surface area (Å²) in [5.74, 6) is -2.15. The number of hydrogen-bond acceptors (Lipinski definition) is 4. The number of amides is 3. The molecular formula is C19H28N4O3. The lowest BCUT2D eigenvalue weighted by atomic mass is 9.79. The van der Waals surface area contributed by atoms with Crippen LogP contribution in [0.1, 0.15) is 49.4 Å². The monoisotopic (exact) mass is 360 g/mol. The van der Waals surface area contributed by atoms with Crippen molar-refractivity contribution in [3.8, 4) is 0 Å². The van der Waals surface area contributed by atoms with Crippen LogP contribution in [0.25, 0.3) is 0 Å². The number of carbonyl (C=O) groups is 3. The van der Waals surface area contributed by atoms with Crippen LogP contribution in [0.15, 0.2) is 24.3 Å². The summed E-state index contributed by atoms with van der Waals surface area (Å²) in [7, 11) is 0. The van der Waals surface area contributed by atoms with E-state index in [4.69, 9.17) is 11.5 Å². The van der Waals surface area contributed by atoms with Crippen molar-refractivity contribution in [2.75, 3.05) is 11.9 Å². The molecule has 1 aliphatic carbocycles. The topological polar surface area (TPSA) is 127 Å². The van der Waals surface area contributed by atoms with Gasteiger partial charge in [-0.1, -0.05) is 31.4 Å². The Labute approximate surface area is 153 Å². The fraction of sp³-hybridized carbons (Fsp3) is 0.526. The van der Waals surface area contributed by atoms with Gasteiger partial charge in [0, 0.05) is 18.3 Å². The van der Waals surface area contributed by atoms with Crippen molar-refractivity contribution in [3.05, 3.63) is 29.8 Å². The number of anilines is 1. The Bertz CT molecular complexity index is 656. The Kier molecular flexibility index (Phi) is 7.00. The smallest absolute Gasteiger partial charge is 0.250 e. The third-order valence-corrected chi connectivity index (χ3v) is 4.89. The van der Waals surface area contributed by atoms with Crippen LogP contribution < -0.4 is 22.1 Å². The highest BCUT2D eigenvalue weighted by Crippen LogP contribution is 2.30. The maximum atomic E-state index is 12.6. The van der Waals surface area contributed by atoms with E-state index in [1.807, 2.05) is 6.92 Å². The molecule has 1 aromatic rings. The normalized spacial score (nSPS) is 17.1. The molecule has 26 heavy (non-hydrogen) atoms. The Hall–Kier alpha value is -2.57. The third-order valence-electron chi connectivity index (χ3n) is 4.89. The second-order valence-electron chi connectivity index (χ2n) is 6.98. The molecule has 2 rings (SSSR count). The Morgan fingerprint density at radius 2 is 1.77 bits per heavy atom. The molecule has 0 spiro atoms. The van der Waals surface area contributed by atoms with Crippen LogP contribution in [0.5, 0.6) is 0 Å². The molecule has 0 heterocycles. The van der Waals surface area contributed by atoms with Crippen molar-refractivity contribution >= 4 is 23.4 Å². The van der Waals surface area contributed by atoms with Crippen molar-refractivity contribution in [2.45, 2.75) is 45.1 Å². The minimum absolute atomic E-state index is 0.0250. The number of benzene rings is 1. The summed E-state index contributed by atoms with van der Waals surface area (Å²) in [5, 5.41) is 5.97. The molecule has 0 unspecified atom stereocenters. The highest BCUT2D eigenvalue weighted by Gasteiger charge is 2.34. The molecular weight excluding hydrogens is 332 g/mol. The maximum absolute atomic E-state index is 12.6. The molecule has 0 aliphatic heterocycles. The molecule has 0 bridgehead atoms. The van der Waals surface area contributed by atoms with Gasteiger partial charge in [0.15, 0.2) is 0 Å². The highest BCUT2D eigenvalue weighted by molar-refractivity contribution is 6.00. The first-order valence-corrected chi connectivity index (χ1v) is 9.12. The zero-order valence-corrected chi connectivity index (χ0v) is 15.2. The first-order chi connectivity index (χ1) is 12.4. The molecule has 3 amide bonds. The molecule has 1 fully saturated rings. The summed E-state index contributed by atoms with van der Waals surface area (Å²) in [4.78, 5) is 35.8. The van der Waals surface area contributed by atoms with Crippen LogP contribution in [0.4, 0.5) is 5.69 Å². The highest BCUT2D eigenvalue weighted by atomic mass is 16.2. The van der Waals surface area contributed by atoms with E-state index >= 15 is 0 Å². The molecule has 0 aromatic heterocycles. The van der Waals surface area contributed by atoms with Gasteiger partial charge >= 0.3 is 0 Å². The quantitative estimate of drug-likeness (QED) is 0.522. The van der Waals surface area contributed by atoms with Gasteiger partial charge in [-0.2, -0.15) is 0 Å². The van der Waals surface area contributed by atoms with E-state index in [2.05, 4.69) is 10.6 Å². The summed E-state index contributed by atoms with van der Waals surface area (Å²) in [6.07, 6.45) is 4.92. The molecule has 0 saturated heterocycles. The SMILES string of the molecule is C[C@@H](CNc1ccccc1C(N)=O)NC(=O)[C@H](C(N)=O)C1CCCCC1. The van der Waals surface area contributed by atoms with Crippen molar-refractivity contribution in [3.63, 3.8) is 0 Å². The largest absolute Gasteiger partial charge is 0.382 e. The van der Waals surface area contributed by atoms with Gasteiger partial charge in [0.2, 0.25) is 11.8 Å². The summed E-state index contributed by atoms with van der Waals surface area (Å²) in [5.41, 5.74) is 11.9. The second-order valence-corrected chi connectivity index (χ2v) is 6.98. The lowest BCUT2D eigenvalue weighted by Gasteiger charge is -2.28. The fourth-order valence-corrected chi connectivity index (χ4v) is 3.54. The Balaban J connectivity index is 1.93. The van der Waals surface area contributed by atoms with Crippen LogP contribution in [-0.4, -0.2) is 30.3 Å². The van der Waals surface area contributed by atoms with Gasteiger partial charge in [-0.05, 0) is 37.8 Å². The van der Waals surface area contributed by atoms with Crippen LogP contribution in [-0.2, 0) is 9.59 Å². The van der Waals surface area contributed by atoms with E-state index < -0.39 is 17.7 Å². The van der Waals surface area contributed by atoms with Gasteiger partial charge in [0.25, 0.3) is 5.91 Å². The molecule has 2 atom stereocenters. The third kappa shape index (κ3) is 5.21. The maximum Gasteiger partial charge on any atom is 0.250 e. The number of hydrogen-bond donors (Lipinski definition) is 4. The molecule has 142 valence electrons. The van der Waals surface area contributed by atoms with E-state index in [0.717, 1.165) is 32.1 Å². The molecule has 7 nitrogen and oxygen atoms in total. The van der Waals surface area contributed by atoms with E-state index in [1.54, 1.807) is 24.3 Å². The first-order valence-electron chi connectivity index (χ1n) is 9.12. The van der Waals surface area contributed by atoms with Gasteiger partial charge in [0.05, 0.1) is 5.56 Å². The Morgan fingerprint density at radius 1 is 1.12 bits per heavy atom. The first kappa shape index (κ1) is 19.8. The van der Waals surface area contributed by atoms with Crippen LogP contribution in [0.3, 0.4) is 0 Å². The predicted molar refractivity (Wildman–Crippen MR) is 100 cm³/mol. The number of nitrogens with one attached hydrogen (secondary N) is 2. The van der Waals surface area contributed by atoms with E-state index in [1.165, 1.54) is 0 Å². The van der Waals surface area contributed by atoms with Crippen molar-refractivity contribution in [1.82, 2.24) is 5.32 Å². The van der Waals surface area contributed by atoms with Crippen molar-refractivity contribution < 1.29 is 14.4 Å². The molecule has 6 N–H and O–H groups in total. The average molecular weight is 360 g/mol. The van der Waals surface area contributed by atoms with Crippen LogP contribution >= 0.6 is 0 Å².